The van der Waals surface area contributed by atoms with E-state index in [1.807, 2.05) is 0 Å². The predicted octanol–water partition coefficient (Wildman–Crippen LogP) is 2.11. The van der Waals surface area contributed by atoms with Crippen molar-refractivity contribution in [3.8, 4) is 5.75 Å². The Labute approximate surface area is 100 Å². The van der Waals surface area contributed by atoms with Gasteiger partial charge in [-0.3, -0.25) is 4.79 Å². The maximum atomic E-state index is 12.1. The van der Waals surface area contributed by atoms with Crippen LogP contribution in [0.2, 0.25) is 0 Å². The molecule has 1 aliphatic rings. The fourth-order valence-electron chi connectivity index (χ4n) is 1.26. The molecule has 0 unspecified atom stereocenters. The monoisotopic (exact) mass is 258 g/mol. The first-order chi connectivity index (χ1) is 8.30. The summed E-state index contributed by atoms with van der Waals surface area (Å²) in [5.41, 5.74) is -1.49. The molecule has 1 aromatic carbocycles. The second-order valence-electron chi connectivity index (χ2n) is 3.96. The Morgan fingerprint density at radius 2 is 1.78 bits per heavy atom. The summed E-state index contributed by atoms with van der Waals surface area (Å²) in [7, 11) is 0. The van der Waals surface area contributed by atoms with E-state index in [1.54, 1.807) is 0 Å². The molecule has 0 spiro atoms. The lowest BCUT2D eigenvalue weighted by Crippen LogP contribution is -2.22. The number of carbonyl (C=O) groups is 1. The standard InChI is InChI=1S/C12H9F3O3/c13-12(14,15)10(16)8-1-3-9(4-2-8)18-7-11(17)5-6-11/h1-6,17H,7H2. The van der Waals surface area contributed by atoms with Crippen molar-refractivity contribution in [3.05, 3.63) is 42.0 Å². The van der Waals surface area contributed by atoms with E-state index >= 15 is 0 Å². The number of ketones is 1. The third-order valence-corrected chi connectivity index (χ3v) is 2.40. The van der Waals surface area contributed by atoms with Crippen LogP contribution in [0.25, 0.3) is 0 Å². The first-order valence-corrected chi connectivity index (χ1v) is 5.07. The van der Waals surface area contributed by atoms with Gasteiger partial charge in [0.25, 0.3) is 5.78 Å². The molecule has 0 radical (unpaired) electrons. The summed E-state index contributed by atoms with van der Waals surface area (Å²) in [4.78, 5) is 10.9. The van der Waals surface area contributed by atoms with Crippen LogP contribution < -0.4 is 4.74 Å². The van der Waals surface area contributed by atoms with Gasteiger partial charge in [-0.05, 0) is 36.4 Å². The molecule has 1 aromatic rings. The maximum Gasteiger partial charge on any atom is 0.454 e. The van der Waals surface area contributed by atoms with Gasteiger partial charge in [-0.2, -0.15) is 13.2 Å². The Balaban J connectivity index is 1.99. The Morgan fingerprint density at radius 1 is 1.22 bits per heavy atom. The topological polar surface area (TPSA) is 46.5 Å². The molecule has 0 amide bonds. The van der Waals surface area contributed by atoms with Crippen LogP contribution >= 0.6 is 0 Å². The van der Waals surface area contributed by atoms with Gasteiger partial charge in [-0.15, -0.1) is 0 Å². The van der Waals surface area contributed by atoms with E-state index in [-0.39, 0.29) is 12.4 Å². The number of benzene rings is 1. The van der Waals surface area contributed by atoms with Crippen molar-refractivity contribution < 1.29 is 27.8 Å². The molecule has 96 valence electrons. The Kier molecular flexibility index (Phi) is 2.90. The summed E-state index contributed by atoms with van der Waals surface area (Å²) in [6.45, 7) is -0.000433. The van der Waals surface area contributed by atoms with Crippen LogP contribution in [0.5, 0.6) is 5.75 Å². The van der Waals surface area contributed by atoms with Gasteiger partial charge in [0.15, 0.2) is 0 Å². The molecule has 6 heteroatoms. The highest BCUT2D eigenvalue weighted by Gasteiger charge is 2.39. The van der Waals surface area contributed by atoms with Gasteiger partial charge in [-0.1, -0.05) is 0 Å². The first-order valence-electron chi connectivity index (χ1n) is 5.07. The van der Waals surface area contributed by atoms with Gasteiger partial charge in [0.05, 0.1) is 0 Å². The number of Topliss-reactive ketones (excluding diaryl/α,β-unsaturated/α-hetero) is 1. The van der Waals surface area contributed by atoms with Gasteiger partial charge in [-0.25, -0.2) is 0 Å². The Hall–Kier alpha value is -1.82. The average molecular weight is 258 g/mol. The maximum absolute atomic E-state index is 12.1. The number of ether oxygens (including phenoxy) is 1. The molecular formula is C12H9F3O3. The zero-order valence-corrected chi connectivity index (χ0v) is 9.07. The number of carbonyl (C=O) groups excluding carboxylic acids is 1. The highest BCUT2D eigenvalue weighted by molar-refractivity contribution is 6.00. The second-order valence-corrected chi connectivity index (χ2v) is 3.96. The quantitative estimate of drug-likeness (QED) is 0.664. The third kappa shape index (κ3) is 2.89. The van der Waals surface area contributed by atoms with Gasteiger partial charge in [0, 0.05) is 5.56 Å². The minimum Gasteiger partial charge on any atom is -0.490 e. The molecule has 0 bridgehead atoms. The molecular weight excluding hydrogens is 249 g/mol. The minimum absolute atomic E-state index is 0.000433. The molecule has 1 aliphatic carbocycles. The first kappa shape index (κ1) is 12.6. The largest absolute Gasteiger partial charge is 0.490 e. The SMILES string of the molecule is O=C(c1ccc(OCC2(O)C=C2)cc1)C(F)(F)F. The molecule has 3 nitrogen and oxygen atoms in total. The predicted molar refractivity (Wildman–Crippen MR) is 56.4 cm³/mol. The molecule has 2 rings (SSSR count). The smallest absolute Gasteiger partial charge is 0.454 e. The van der Waals surface area contributed by atoms with Crippen molar-refractivity contribution >= 4 is 5.78 Å². The number of hydrogen-bond donors (Lipinski definition) is 1. The minimum atomic E-state index is -4.88. The van der Waals surface area contributed by atoms with Crippen molar-refractivity contribution in [3.63, 3.8) is 0 Å². The summed E-state index contributed by atoms with van der Waals surface area (Å²) < 4.78 is 41.5. The summed E-state index contributed by atoms with van der Waals surface area (Å²) in [6.07, 6.45) is -1.81. The lowest BCUT2D eigenvalue weighted by molar-refractivity contribution is -0.0885. The normalized spacial score (nSPS) is 16.4. The number of halogens is 3. The Morgan fingerprint density at radius 3 is 2.22 bits per heavy atom. The molecule has 18 heavy (non-hydrogen) atoms. The fourth-order valence-corrected chi connectivity index (χ4v) is 1.26. The van der Waals surface area contributed by atoms with E-state index in [2.05, 4.69) is 0 Å². The van der Waals surface area contributed by atoms with E-state index in [1.165, 1.54) is 24.3 Å². The van der Waals surface area contributed by atoms with Crippen molar-refractivity contribution in [2.75, 3.05) is 6.61 Å². The highest BCUT2D eigenvalue weighted by atomic mass is 19.4. The molecule has 0 saturated heterocycles. The third-order valence-electron chi connectivity index (χ3n) is 2.40. The van der Waals surface area contributed by atoms with Crippen LogP contribution in [0.4, 0.5) is 13.2 Å². The lowest BCUT2D eigenvalue weighted by atomic mass is 10.1. The second kappa shape index (κ2) is 4.13. The van der Waals surface area contributed by atoms with Gasteiger partial charge in [0.2, 0.25) is 0 Å². The number of rotatable bonds is 4. The molecule has 0 aromatic heterocycles. The number of aliphatic hydroxyl groups is 1. The van der Waals surface area contributed by atoms with E-state index in [0.29, 0.717) is 0 Å². The van der Waals surface area contributed by atoms with Crippen molar-refractivity contribution in [2.45, 2.75) is 11.8 Å². The van der Waals surface area contributed by atoms with Crippen LogP contribution in [-0.4, -0.2) is 29.3 Å². The molecule has 0 saturated carbocycles. The number of hydrogen-bond acceptors (Lipinski definition) is 3. The summed E-state index contributed by atoms with van der Waals surface area (Å²) in [6, 6.07) is 4.58. The van der Waals surface area contributed by atoms with Crippen LogP contribution in [0, 0.1) is 0 Å². The van der Waals surface area contributed by atoms with Gasteiger partial charge < -0.3 is 9.84 Å². The van der Waals surface area contributed by atoms with Crippen molar-refractivity contribution in [1.29, 1.82) is 0 Å². The van der Waals surface area contributed by atoms with Crippen molar-refractivity contribution in [2.24, 2.45) is 0 Å². The fraction of sp³-hybridized carbons (Fsp3) is 0.250. The van der Waals surface area contributed by atoms with E-state index in [4.69, 9.17) is 4.74 Å². The van der Waals surface area contributed by atoms with Crippen LogP contribution in [0.15, 0.2) is 36.4 Å². The van der Waals surface area contributed by atoms with E-state index in [9.17, 15) is 23.1 Å². The highest BCUT2D eigenvalue weighted by Crippen LogP contribution is 2.25. The lowest BCUT2D eigenvalue weighted by Gasteiger charge is -2.11. The van der Waals surface area contributed by atoms with Gasteiger partial charge in [0.1, 0.15) is 18.0 Å². The Bertz CT molecular complexity index is 482. The number of alkyl halides is 3. The summed E-state index contributed by atoms with van der Waals surface area (Å²) in [5.74, 6) is -1.60. The molecule has 0 heterocycles. The average Bonchev–Trinajstić information content (AvgIpc) is 3.04. The molecule has 1 N–H and O–H groups in total. The molecule has 0 aliphatic heterocycles. The van der Waals surface area contributed by atoms with Crippen molar-refractivity contribution in [1.82, 2.24) is 0 Å². The summed E-state index contributed by atoms with van der Waals surface area (Å²) >= 11 is 0. The van der Waals surface area contributed by atoms with Crippen LogP contribution in [0.3, 0.4) is 0 Å². The van der Waals surface area contributed by atoms with E-state index < -0.39 is 23.1 Å². The molecule has 0 fully saturated rings. The van der Waals surface area contributed by atoms with Crippen LogP contribution in [0.1, 0.15) is 10.4 Å². The summed E-state index contributed by atoms with van der Waals surface area (Å²) in [5, 5.41) is 9.40. The molecule has 0 atom stereocenters. The zero-order valence-electron chi connectivity index (χ0n) is 9.07. The van der Waals surface area contributed by atoms with Crippen LogP contribution in [-0.2, 0) is 0 Å². The van der Waals surface area contributed by atoms with E-state index in [0.717, 1.165) is 12.1 Å². The zero-order chi connectivity index (χ0) is 13.4. The van der Waals surface area contributed by atoms with Gasteiger partial charge >= 0.3 is 6.18 Å².